The van der Waals surface area contributed by atoms with Crippen molar-refractivity contribution in [3.63, 3.8) is 0 Å². The quantitative estimate of drug-likeness (QED) is 0.427. The van der Waals surface area contributed by atoms with Crippen LogP contribution in [-0.2, 0) is 16.0 Å². The topological polar surface area (TPSA) is 94.9 Å². The van der Waals surface area contributed by atoms with Gasteiger partial charge in [-0.1, -0.05) is 24.3 Å². The van der Waals surface area contributed by atoms with Gasteiger partial charge in [0.2, 0.25) is 18.6 Å². The van der Waals surface area contributed by atoms with Gasteiger partial charge in [-0.2, -0.15) is 0 Å². The number of ether oxygens (including phenoxy) is 3. The summed E-state index contributed by atoms with van der Waals surface area (Å²) < 4.78 is 17.8. The van der Waals surface area contributed by atoms with Crippen LogP contribution in [0.15, 0.2) is 66.7 Å². The molecule has 0 aliphatic carbocycles. The Morgan fingerprint density at radius 1 is 1.08 bits per heavy atom. The number of carbonyl (C=O) groups excluding carboxylic acids is 2. The molecule has 1 aromatic heterocycles. The molecule has 6 rings (SSSR count). The average molecular weight is 485 g/mol. The van der Waals surface area contributed by atoms with Crippen LogP contribution in [0.4, 0.5) is 11.6 Å². The molecule has 1 N–H and O–H groups in total. The zero-order chi connectivity index (χ0) is 24.6. The molecule has 2 amide bonds. The lowest BCUT2D eigenvalue weighted by Crippen LogP contribution is -2.33. The monoisotopic (exact) mass is 484 g/mol. The van der Waals surface area contributed by atoms with Crippen LogP contribution >= 0.6 is 0 Å². The van der Waals surface area contributed by atoms with Gasteiger partial charge >= 0.3 is 0 Å². The number of benzene rings is 3. The molecule has 3 heterocycles. The second kappa shape index (κ2) is 8.92. The van der Waals surface area contributed by atoms with Gasteiger partial charge in [0.25, 0.3) is 5.91 Å². The maximum absolute atomic E-state index is 13.6. The fraction of sp³-hybridized carbons (Fsp3) is 0.222. The fourth-order valence-corrected chi connectivity index (χ4v) is 4.70. The number of nitrogens with zero attached hydrogens (tertiary/aromatic N) is 3. The normalized spacial score (nSPS) is 15.9. The molecule has 1 atom stereocenters. The number of anilines is 2. The number of methoxy groups -OCH3 is 1. The summed E-state index contributed by atoms with van der Waals surface area (Å²) >= 11 is 0. The summed E-state index contributed by atoms with van der Waals surface area (Å²) in [6, 6.07) is 20.0. The largest absolute Gasteiger partial charge is 0.497 e. The fourth-order valence-electron chi connectivity index (χ4n) is 4.70. The molecule has 2 aliphatic rings. The Hall–Kier alpha value is -4.53. The number of fused-ring (bicyclic) bond motifs is 4. The molecule has 0 saturated heterocycles. The van der Waals surface area contributed by atoms with E-state index in [1.165, 1.54) is 0 Å². The first-order chi connectivity index (χ1) is 17.6. The minimum atomic E-state index is -0.683. The lowest BCUT2D eigenvalue weighted by Gasteiger charge is -2.16. The Kier molecular flexibility index (Phi) is 5.44. The number of hydrogen-bond donors (Lipinski definition) is 1. The van der Waals surface area contributed by atoms with E-state index in [0.717, 1.165) is 22.3 Å². The number of aromatic nitrogens is 2. The number of carbonyl (C=O) groups is 2. The maximum Gasteiger partial charge on any atom is 0.253 e. The van der Waals surface area contributed by atoms with E-state index in [9.17, 15) is 9.59 Å². The molecule has 2 aliphatic heterocycles. The first-order valence-corrected chi connectivity index (χ1v) is 11.7. The lowest BCUT2D eigenvalue weighted by molar-refractivity contribution is -0.124. The number of hydrogen-bond acceptors (Lipinski definition) is 6. The highest BCUT2D eigenvalue weighted by molar-refractivity contribution is 6.05. The van der Waals surface area contributed by atoms with Crippen molar-refractivity contribution >= 4 is 34.5 Å². The molecule has 9 heteroatoms. The van der Waals surface area contributed by atoms with Gasteiger partial charge in [0, 0.05) is 18.3 Å². The summed E-state index contributed by atoms with van der Waals surface area (Å²) in [5, 5.41) is 2.88. The highest BCUT2D eigenvalue weighted by Gasteiger charge is 2.40. The van der Waals surface area contributed by atoms with Crippen LogP contribution in [0.5, 0.6) is 17.2 Å². The van der Waals surface area contributed by atoms with E-state index in [-0.39, 0.29) is 25.0 Å². The van der Waals surface area contributed by atoms with Crippen LogP contribution < -0.4 is 24.4 Å². The van der Waals surface area contributed by atoms with Crippen molar-refractivity contribution in [2.75, 3.05) is 30.7 Å². The molecular formula is C27H24N4O5. The highest BCUT2D eigenvalue weighted by atomic mass is 16.7. The smallest absolute Gasteiger partial charge is 0.253 e. The number of imidazole rings is 1. The predicted octanol–water partition coefficient (Wildman–Crippen LogP) is 3.93. The third-order valence-corrected chi connectivity index (χ3v) is 6.50. The van der Waals surface area contributed by atoms with Gasteiger partial charge in [0.15, 0.2) is 11.5 Å². The second-order valence-corrected chi connectivity index (χ2v) is 8.69. The van der Waals surface area contributed by atoms with Crippen molar-refractivity contribution in [1.82, 2.24) is 9.55 Å². The maximum atomic E-state index is 13.6. The molecule has 4 aromatic rings. The Labute approximate surface area is 207 Å². The Balaban J connectivity index is 1.24. The minimum Gasteiger partial charge on any atom is -0.497 e. The van der Waals surface area contributed by atoms with Gasteiger partial charge in [-0.05, 0) is 48.4 Å². The van der Waals surface area contributed by atoms with Gasteiger partial charge in [-0.25, -0.2) is 4.98 Å². The summed E-state index contributed by atoms with van der Waals surface area (Å²) in [5.41, 5.74) is 3.28. The average Bonchev–Trinajstić information content (AvgIpc) is 3.57. The van der Waals surface area contributed by atoms with Crippen molar-refractivity contribution in [3.05, 3.63) is 72.3 Å². The minimum absolute atomic E-state index is 0.0142. The van der Waals surface area contributed by atoms with Crippen molar-refractivity contribution in [2.24, 2.45) is 0 Å². The van der Waals surface area contributed by atoms with E-state index in [0.29, 0.717) is 36.1 Å². The van der Waals surface area contributed by atoms with Gasteiger partial charge < -0.3 is 19.5 Å². The van der Waals surface area contributed by atoms with Crippen molar-refractivity contribution in [2.45, 2.75) is 18.9 Å². The predicted molar refractivity (Wildman–Crippen MR) is 134 cm³/mol. The molecule has 0 saturated carbocycles. The van der Waals surface area contributed by atoms with Crippen LogP contribution in [0.3, 0.4) is 0 Å². The van der Waals surface area contributed by atoms with E-state index in [4.69, 9.17) is 19.2 Å². The summed E-state index contributed by atoms with van der Waals surface area (Å²) in [4.78, 5) is 33.0. The van der Waals surface area contributed by atoms with Crippen LogP contribution in [-0.4, -0.2) is 41.8 Å². The zero-order valence-electron chi connectivity index (χ0n) is 19.6. The van der Waals surface area contributed by atoms with Gasteiger partial charge in [0.1, 0.15) is 11.8 Å². The summed E-state index contributed by atoms with van der Waals surface area (Å²) in [5.74, 6) is 2.16. The first-order valence-electron chi connectivity index (χ1n) is 11.7. The second-order valence-electron chi connectivity index (χ2n) is 8.69. The summed E-state index contributed by atoms with van der Waals surface area (Å²) in [6.07, 6.45) is 0.634. The Morgan fingerprint density at radius 2 is 1.89 bits per heavy atom. The molecule has 0 fully saturated rings. The van der Waals surface area contributed by atoms with Crippen molar-refractivity contribution < 1.29 is 23.8 Å². The first kappa shape index (κ1) is 22.0. The van der Waals surface area contributed by atoms with E-state index < -0.39 is 6.04 Å². The number of nitrogens with one attached hydrogen (secondary N) is 1. The highest BCUT2D eigenvalue weighted by Crippen LogP contribution is 2.37. The number of rotatable bonds is 7. The third kappa shape index (κ3) is 3.88. The molecule has 0 bridgehead atoms. The molecule has 0 unspecified atom stereocenters. The third-order valence-electron chi connectivity index (χ3n) is 6.50. The Morgan fingerprint density at radius 3 is 2.72 bits per heavy atom. The standard InChI is InChI=1S/C27H24N4O5/c1-34-19-9-6-17(7-10-19)12-13-30-26(33)22(31-21-5-3-2-4-20(21)29-27(30)31)15-25(32)28-18-8-11-23-24(14-18)36-16-35-23/h2-11,14,22H,12-13,15-16H2,1H3,(H,28,32)/t22-/m1/s1. The van der Waals surface area contributed by atoms with Crippen LogP contribution in [0, 0.1) is 0 Å². The molecular weight excluding hydrogens is 460 g/mol. The van der Waals surface area contributed by atoms with E-state index >= 15 is 0 Å². The van der Waals surface area contributed by atoms with Crippen LogP contribution in [0.2, 0.25) is 0 Å². The van der Waals surface area contributed by atoms with E-state index in [1.54, 1.807) is 30.2 Å². The molecule has 9 nitrogen and oxygen atoms in total. The number of para-hydroxylation sites is 2. The Bertz CT molecular complexity index is 1460. The lowest BCUT2D eigenvalue weighted by atomic mass is 10.1. The molecule has 0 radical (unpaired) electrons. The molecule has 182 valence electrons. The van der Waals surface area contributed by atoms with Gasteiger partial charge in [0.05, 0.1) is 24.6 Å². The number of amides is 2. The summed E-state index contributed by atoms with van der Waals surface area (Å²) in [7, 11) is 1.63. The van der Waals surface area contributed by atoms with E-state index in [1.807, 2.05) is 53.1 Å². The van der Waals surface area contributed by atoms with Crippen LogP contribution in [0.25, 0.3) is 11.0 Å². The summed E-state index contributed by atoms with van der Waals surface area (Å²) in [6.45, 7) is 0.612. The van der Waals surface area contributed by atoms with Crippen molar-refractivity contribution in [1.29, 1.82) is 0 Å². The zero-order valence-corrected chi connectivity index (χ0v) is 19.6. The molecule has 36 heavy (non-hydrogen) atoms. The molecule has 3 aromatic carbocycles. The van der Waals surface area contributed by atoms with Crippen molar-refractivity contribution in [3.8, 4) is 17.2 Å². The van der Waals surface area contributed by atoms with Gasteiger partial charge in [-0.3, -0.25) is 19.1 Å². The molecule has 0 spiro atoms. The van der Waals surface area contributed by atoms with E-state index in [2.05, 4.69) is 5.32 Å². The SMILES string of the molecule is COc1ccc(CCN2C(=O)[C@@H](CC(=O)Nc3ccc4c(c3)OCO4)n3c2nc2ccccc23)cc1. The van der Waals surface area contributed by atoms with Gasteiger partial charge in [-0.15, -0.1) is 0 Å². The van der Waals surface area contributed by atoms with Crippen LogP contribution in [0.1, 0.15) is 18.0 Å².